The quantitative estimate of drug-likeness (QED) is 0.322. The molecule has 0 saturated heterocycles. The molecule has 1 unspecified atom stereocenters. The van der Waals surface area contributed by atoms with E-state index in [1.54, 1.807) is 0 Å². The van der Waals surface area contributed by atoms with E-state index in [4.69, 9.17) is 5.73 Å². The molecule has 1 aliphatic rings. The van der Waals surface area contributed by atoms with Gasteiger partial charge in [0.1, 0.15) is 0 Å². The fourth-order valence-electron chi connectivity index (χ4n) is 0.736. The maximum absolute atomic E-state index is 5.86. The van der Waals surface area contributed by atoms with E-state index in [0.29, 0.717) is 30.7 Å². The minimum atomic E-state index is 0.295. The van der Waals surface area contributed by atoms with E-state index in [0.717, 1.165) is 0 Å². The first-order valence-electron chi connectivity index (χ1n) is 2.93. The van der Waals surface area contributed by atoms with Gasteiger partial charge in [-0.3, -0.25) is 0 Å². The predicted molar refractivity (Wildman–Crippen MR) is 31.2 cm³/mol. The first-order valence-corrected chi connectivity index (χ1v) is 6.33. The van der Waals surface area contributed by atoms with E-state index >= 15 is 0 Å². The summed E-state index contributed by atoms with van der Waals surface area (Å²) in [6.07, 6.45) is 2.75. The van der Waals surface area contributed by atoms with Crippen LogP contribution >= 0.6 is 0 Å². The summed E-state index contributed by atoms with van der Waals surface area (Å²) in [5, 5.41) is 0. The van der Waals surface area contributed by atoms with Crippen molar-refractivity contribution in [2.75, 3.05) is 4.93 Å². The molecule has 1 nitrogen and oxygen atoms in total. The number of halogens is 1. The van der Waals surface area contributed by atoms with Gasteiger partial charge in [0.2, 0.25) is 0 Å². The summed E-state index contributed by atoms with van der Waals surface area (Å²) < 4.78 is 0.571. The molecule has 1 saturated carbocycles. The van der Waals surface area contributed by atoms with Crippen LogP contribution in [0.15, 0.2) is 0 Å². The monoisotopic (exact) mass is 226 g/mol. The molecule has 0 aromatic rings. The van der Waals surface area contributed by atoms with Crippen molar-refractivity contribution in [2.24, 2.45) is 11.1 Å². The predicted octanol–water partition coefficient (Wildman–Crippen LogP) is -2.21. The van der Waals surface area contributed by atoms with Crippen LogP contribution in [0.4, 0.5) is 0 Å². The average molecular weight is 226 g/mol. The van der Waals surface area contributed by atoms with Crippen molar-refractivity contribution in [3.8, 4) is 0 Å². The molecular weight excluding hydrogens is 213 g/mol. The van der Waals surface area contributed by atoms with Crippen LogP contribution in [-0.4, -0.2) is 8.98 Å². The van der Waals surface area contributed by atoms with Crippen LogP contribution in [-0.2, 0) is 0 Å². The Kier molecular flexibility index (Phi) is 1.82. The summed E-state index contributed by atoms with van der Waals surface area (Å²) in [4.78, 5) is 2.27. The van der Waals surface area contributed by atoms with Gasteiger partial charge in [-0.15, -0.1) is 0 Å². The van der Waals surface area contributed by atoms with Gasteiger partial charge in [0.05, 0.1) is 0 Å². The van der Waals surface area contributed by atoms with Crippen LogP contribution in [0.2, 0.25) is 0 Å². The third kappa shape index (κ3) is 1.16. The van der Waals surface area contributed by atoms with Crippen LogP contribution in [0.25, 0.3) is 0 Å². The van der Waals surface area contributed by atoms with Gasteiger partial charge in [0, 0.05) is 0 Å². The summed E-state index contributed by atoms with van der Waals surface area (Å²) in [7, 11) is 0. The van der Waals surface area contributed by atoms with E-state index in [-0.39, 0.29) is 0 Å². The van der Waals surface area contributed by atoms with Crippen molar-refractivity contribution in [1.29, 1.82) is 0 Å². The summed E-state index contributed by atoms with van der Waals surface area (Å²) in [5.74, 6) is 0. The number of rotatable bonds is 2. The zero-order valence-electron chi connectivity index (χ0n) is 5.45. The number of alkyl halides is 2. The molecule has 1 rings (SSSR count). The molecule has 1 aliphatic carbocycles. The zero-order valence-corrected chi connectivity index (χ0v) is 7.60. The fraction of sp³-hybridized carbons (Fsp3) is 1.00. The van der Waals surface area contributed by atoms with E-state index in [9.17, 15) is 0 Å². The van der Waals surface area contributed by atoms with Crippen LogP contribution in [0.5, 0.6) is 0 Å². The van der Waals surface area contributed by atoms with Gasteiger partial charge in [0.15, 0.2) is 0 Å². The van der Waals surface area contributed by atoms with Crippen LogP contribution < -0.4 is 26.9 Å². The standard InChI is InChI=1S/C6H13IN/c1-6(3-4-6)5(8)7-2/h5H,3-4,8H2,1-2H3/q-1. The van der Waals surface area contributed by atoms with Gasteiger partial charge in [-0.25, -0.2) is 0 Å². The molecule has 8 heavy (non-hydrogen) atoms. The normalized spacial score (nSPS) is 27.9. The van der Waals surface area contributed by atoms with Gasteiger partial charge in [-0.05, 0) is 0 Å². The average Bonchev–Trinajstić information content (AvgIpc) is 2.47. The fourth-order valence-corrected chi connectivity index (χ4v) is 2.86. The number of hydrogen-bond acceptors (Lipinski definition) is 1. The van der Waals surface area contributed by atoms with Crippen molar-refractivity contribution >= 4 is 0 Å². The summed E-state index contributed by atoms with van der Waals surface area (Å²) in [6.45, 7) is 2.31. The molecule has 0 amide bonds. The number of hydrogen-bond donors (Lipinski definition) is 1. The molecule has 1 atom stereocenters. The van der Waals surface area contributed by atoms with E-state index in [1.165, 1.54) is 12.8 Å². The second-order valence-electron chi connectivity index (χ2n) is 2.77. The third-order valence-corrected chi connectivity index (χ3v) is 4.79. The van der Waals surface area contributed by atoms with Crippen LogP contribution in [0.1, 0.15) is 19.8 Å². The first-order chi connectivity index (χ1) is 3.69. The second kappa shape index (κ2) is 2.14. The minimum absolute atomic E-state index is 0.295. The molecule has 0 heterocycles. The molecule has 0 radical (unpaired) electrons. The zero-order chi connectivity index (χ0) is 6.20. The Hall–Kier alpha value is 0.690. The van der Waals surface area contributed by atoms with Gasteiger partial charge >= 0.3 is 61.1 Å². The Morgan fingerprint density at radius 2 is 2.12 bits per heavy atom. The van der Waals surface area contributed by atoms with Crippen LogP contribution in [0.3, 0.4) is 0 Å². The Balaban J connectivity index is 2.34. The van der Waals surface area contributed by atoms with E-state index < -0.39 is 0 Å². The molecule has 2 heteroatoms. The van der Waals surface area contributed by atoms with Crippen molar-refractivity contribution in [3.05, 3.63) is 0 Å². The molecular formula is C6H13IN-. The van der Waals surface area contributed by atoms with Crippen molar-refractivity contribution in [2.45, 2.75) is 23.8 Å². The summed E-state index contributed by atoms with van der Waals surface area (Å²) >= 11 is 0.295. The molecule has 0 aromatic heterocycles. The molecule has 0 aromatic carbocycles. The van der Waals surface area contributed by atoms with Crippen molar-refractivity contribution < 1.29 is 21.2 Å². The summed E-state index contributed by atoms with van der Waals surface area (Å²) in [5.41, 5.74) is 6.45. The molecule has 0 aliphatic heterocycles. The number of nitrogens with two attached hydrogens (primary N) is 1. The first kappa shape index (κ1) is 6.81. The topological polar surface area (TPSA) is 26.0 Å². The Bertz CT molecular complexity index is 88.5. The molecule has 1 fully saturated rings. The van der Waals surface area contributed by atoms with E-state index in [1.807, 2.05) is 0 Å². The Labute approximate surface area is 61.3 Å². The molecule has 0 spiro atoms. The third-order valence-electron chi connectivity index (χ3n) is 1.94. The molecule has 50 valence electrons. The Morgan fingerprint density at radius 3 is 2.25 bits per heavy atom. The van der Waals surface area contributed by atoms with Crippen LogP contribution in [0, 0.1) is 5.41 Å². The summed E-state index contributed by atoms with van der Waals surface area (Å²) in [6, 6.07) is 0. The van der Waals surface area contributed by atoms with Gasteiger partial charge in [-0.2, -0.15) is 0 Å². The molecule has 0 bridgehead atoms. The molecule has 2 N–H and O–H groups in total. The second-order valence-corrected chi connectivity index (χ2v) is 5.36. The van der Waals surface area contributed by atoms with Gasteiger partial charge in [0.25, 0.3) is 0 Å². The SMILES string of the molecule is C[I-]C(N)C1(C)CC1. The Morgan fingerprint density at radius 1 is 1.62 bits per heavy atom. The van der Waals surface area contributed by atoms with Gasteiger partial charge in [-0.1, -0.05) is 0 Å². The van der Waals surface area contributed by atoms with Crippen molar-refractivity contribution in [3.63, 3.8) is 0 Å². The van der Waals surface area contributed by atoms with E-state index in [2.05, 4.69) is 11.9 Å². The van der Waals surface area contributed by atoms with Gasteiger partial charge < -0.3 is 0 Å². The van der Waals surface area contributed by atoms with Crippen molar-refractivity contribution in [1.82, 2.24) is 0 Å². The maximum atomic E-state index is 5.86.